The predicted octanol–water partition coefficient (Wildman–Crippen LogP) is 2.54. The number of nitrogens with one attached hydrogen (secondary N) is 2. The summed E-state index contributed by atoms with van der Waals surface area (Å²) in [5.41, 5.74) is 1.34. The van der Waals surface area contributed by atoms with E-state index in [1.54, 1.807) is 13.2 Å². The summed E-state index contributed by atoms with van der Waals surface area (Å²) in [5.74, 6) is 1.91. The van der Waals surface area contributed by atoms with Crippen LogP contribution in [0.1, 0.15) is 18.4 Å². The summed E-state index contributed by atoms with van der Waals surface area (Å²) in [7, 11) is 1.76. The number of aromatic nitrogens is 1. The van der Waals surface area contributed by atoms with E-state index in [4.69, 9.17) is 0 Å². The molecule has 1 aromatic heterocycles. The zero-order valence-corrected chi connectivity index (χ0v) is 20.5. The highest BCUT2D eigenvalue weighted by atomic mass is 127. The van der Waals surface area contributed by atoms with Gasteiger partial charge in [-0.2, -0.15) is 0 Å². The number of hydrogen-bond donors (Lipinski definition) is 2. The summed E-state index contributed by atoms with van der Waals surface area (Å²) >= 11 is 0. The van der Waals surface area contributed by atoms with Crippen LogP contribution >= 0.6 is 24.0 Å². The van der Waals surface area contributed by atoms with Crippen molar-refractivity contribution in [2.45, 2.75) is 19.3 Å². The lowest BCUT2D eigenvalue weighted by molar-refractivity contribution is -0.131. The number of anilines is 1. The van der Waals surface area contributed by atoms with E-state index in [1.807, 2.05) is 29.2 Å². The minimum atomic E-state index is 0. The Morgan fingerprint density at radius 2 is 1.71 bits per heavy atom. The first-order chi connectivity index (χ1) is 14.8. The van der Waals surface area contributed by atoms with Gasteiger partial charge in [0.15, 0.2) is 5.96 Å². The van der Waals surface area contributed by atoms with Gasteiger partial charge in [-0.15, -0.1) is 24.0 Å². The second kappa shape index (κ2) is 13.8. The monoisotopic (exact) mass is 536 g/mol. The highest BCUT2D eigenvalue weighted by Gasteiger charge is 2.21. The number of pyridine rings is 1. The number of halogens is 1. The average Bonchev–Trinajstić information content (AvgIpc) is 2.82. The van der Waals surface area contributed by atoms with Gasteiger partial charge in [0, 0.05) is 58.9 Å². The maximum atomic E-state index is 12.5. The van der Waals surface area contributed by atoms with E-state index >= 15 is 0 Å². The molecule has 1 saturated heterocycles. The van der Waals surface area contributed by atoms with Crippen molar-refractivity contribution in [3.8, 4) is 0 Å². The molecule has 0 radical (unpaired) electrons. The fraction of sp³-hybridized carbons (Fsp3) is 0.435. The van der Waals surface area contributed by atoms with E-state index in [1.165, 1.54) is 5.56 Å². The van der Waals surface area contributed by atoms with Crippen LogP contribution in [0.4, 0.5) is 5.82 Å². The molecule has 7 nitrogen and oxygen atoms in total. The molecule has 1 amide bonds. The van der Waals surface area contributed by atoms with Gasteiger partial charge < -0.3 is 20.4 Å². The van der Waals surface area contributed by atoms with Gasteiger partial charge in [-0.05, 0) is 30.5 Å². The molecule has 0 atom stereocenters. The molecule has 3 rings (SSSR count). The van der Waals surface area contributed by atoms with Gasteiger partial charge in [0.05, 0.1) is 0 Å². The van der Waals surface area contributed by atoms with Gasteiger partial charge in [-0.1, -0.05) is 36.4 Å². The molecule has 2 N–H and O–H groups in total. The minimum Gasteiger partial charge on any atom is -0.356 e. The van der Waals surface area contributed by atoms with E-state index in [0.29, 0.717) is 13.0 Å². The SMILES string of the molecule is CN=C(NCCCc1ccccc1)NCCC(=O)N1CCN(c2ccccn2)CC1.I. The number of guanidine groups is 1. The van der Waals surface area contributed by atoms with Gasteiger partial charge in [0.1, 0.15) is 5.82 Å². The van der Waals surface area contributed by atoms with E-state index in [9.17, 15) is 4.79 Å². The molecule has 0 aliphatic carbocycles. The second-order valence-corrected chi connectivity index (χ2v) is 7.32. The first kappa shape index (κ1) is 24.9. The fourth-order valence-electron chi connectivity index (χ4n) is 3.54. The molecule has 0 saturated carbocycles. The smallest absolute Gasteiger partial charge is 0.224 e. The summed E-state index contributed by atoms with van der Waals surface area (Å²) in [6, 6.07) is 16.4. The summed E-state index contributed by atoms with van der Waals surface area (Å²) in [4.78, 5) is 25.3. The molecule has 1 aliphatic rings. The van der Waals surface area contributed by atoms with Gasteiger partial charge in [-0.3, -0.25) is 9.79 Å². The predicted molar refractivity (Wildman–Crippen MR) is 137 cm³/mol. The Balaban J connectivity index is 0.00000341. The zero-order chi connectivity index (χ0) is 21.0. The molecule has 1 fully saturated rings. The van der Waals surface area contributed by atoms with Gasteiger partial charge in [0.25, 0.3) is 0 Å². The fourth-order valence-corrected chi connectivity index (χ4v) is 3.54. The molecular weight excluding hydrogens is 503 g/mol. The van der Waals surface area contributed by atoms with E-state index in [0.717, 1.165) is 57.3 Å². The van der Waals surface area contributed by atoms with Crippen LogP contribution in [-0.2, 0) is 11.2 Å². The Morgan fingerprint density at radius 1 is 1.00 bits per heavy atom. The molecule has 168 valence electrons. The highest BCUT2D eigenvalue weighted by molar-refractivity contribution is 14.0. The van der Waals surface area contributed by atoms with Crippen molar-refractivity contribution in [1.82, 2.24) is 20.5 Å². The van der Waals surface area contributed by atoms with Crippen LogP contribution < -0.4 is 15.5 Å². The second-order valence-electron chi connectivity index (χ2n) is 7.32. The number of carbonyl (C=O) groups is 1. The Labute approximate surface area is 202 Å². The highest BCUT2D eigenvalue weighted by Crippen LogP contribution is 2.12. The summed E-state index contributed by atoms with van der Waals surface area (Å²) in [6.45, 7) is 4.54. The first-order valence-electron chi connectivity index (χ1n) is 10.7. The van der Waals surface area contributed by atoms with Crippen LogP contribution in [0.5, 0.6) is 0 Å². The molecule has 1 aliphatic heterocycles. The quantitative estimate of drug-likeness (QED) is 0.235. The third-order valence-corrected chi connectivity index (χ3v) is 5.24. The van der Waals surface area contributed by atoms with E-state index in [-0.39, 0.29) is 29.9 Å². The Kier molecular flexibility index (Phi) is 11.1. The van der Waals surface area contributed by atoms with Crippen LogP contribution in [0.25, 0.3) is 0 Å². The Bertz CT molecular complexity index is 794. The average molecular weight is 536 g/mol. The maximum absolute atomic E-state index is 12.5. The third kappa shape index (κ3) is 8.35. The third-order valence-electron chi connectivity index (χ3n) is 5.24. The number of aryl methyl sites for hydroxylation is 1. The van der Waals surface area contributed by atoms with Gasteiger partial charge >= 0.3 is 0 Å². The van der Waals surface area contributed by atoms with Crippen molar-refractivity contribution < 1.29 is 4.79 Å². The summed E-state index contributed by atoms with van der Waals surface area (Å²) in [5, 5.41) is 6.56. The standard InChI is InChI=1S/C23H32N6O.HI/c1-24-23(26-14-7-10-20-8-3-2-4-9-20)27-15-12-22(30)29-18-16-28(17-19-29)21-11-5-6-13-25-21;/h2-6,8-9,11,13H,7,10,12,14-19H2,1H3,(H2,24,26,27);1H. The number of hydrogen-bond acceptors (Lipinski definition) is 4. The van der Waals surface area contributed by atoms with E-state index < -0.39 is 0 Å². The minimum absolute atomic E-state index is 0. The van der Waals surface area contributed by atoms with Crippen molar-refractivity contribution in [3.63, 3.8) is 0 Å². The van der Waals surface area contributed by atoms with Crippen LogP contribution in [0.2, 0.25) is 0 Å². The maximum Gasteiger partial charge on any atom is 0.224 e. The molecule has 2 aromatic rings. The van der Waals surface area contributed by atoms with Crippen molar-refractivity contribution in [2.75, 3.05) is 51.2 Å². The largest absolute Gasteiger partial charge is 0.356 e. The number of benzene rings is 1. The van der Waals surface area contributed by atoms with Crippen LogP contribution in [0.15, 0.2) is 59.7 Å². The molecule has 31 heavy (non-hydrogen) atoms. The molecule has 0 bridgehead atoms. The number of nitrogens with zero attached hydrogens (tertiary/aromatic N) is 4. The summed E-state index contributed by atoms with van der Waals surface area (Å²) in [6.07, 6.45) is 4.34. The first-order valence-corrected chi connectivity index (χ1v) is 10.7. The molecule has 1 aromatic carbocycles. The molecule has 2 heterocycles. The summed E-state index contributed by atoms with van der Waals surface area (Å²) < 4.78 is 0. The Hall–Kier alpha value is -2.36. The van der Waals surface area contributed by atoms with Crippen LogP contribution in [0, 0.1) is 0 Å². The van der Waals surface area contributed by atoms with Crippen LogP contribution in [-0.4, -0.2) is 68.1 Å². The topological polar surface area (TPSA) is 72.9 Å². The number of carbonyl (C=O) groups excluding carboxylic acids is 1. The molecule has 0 unspecified atom stereocenters. The number of rotatable bonds is 8. The van der Waals surface area contributed by atoms with Crippen molar-refractivity contribution in [3.05, 3.63) is 60.3 Å². The van der Waals surface area contributed by atoms with Gasteiger partial charge in [0.2, 0.25) is 5.91 Å². The normalized spacial score (nSPS) is 14.0. The lowest BCUT2D eigenvalue weighted by Gasteiger charge is -2.35. The van der Waals surface area contributed by atoms with Crippen molar-refractivity contribution in [1.29, 1.82) is 0 Å². The van der Waals surface area contributed by atoms with Gasteiger partial charge in [-0.25, -0.2) is 4.98 Å². The number of aliphatic imine (C=N–C) groups is 1. The van der Waals surface area contributed by atoms with Crippen LogP contribution in [0.3, 0.4) is 0 Å². The lowest BCUT2D eigenvalue weighted by atomic mass is 10.1. The molecule has 8 heteroatoms. The number of piperazine rings is 1. The van der Waals surface area contributed by atoms with Crippen molar-refractivity contribution in [2.24, 2.45) is 4.99 Å². The zero-order valence-electron chi connectivity index (χ0n) is 18.2. The lowest BCUT2D eigenvalue weighted by Crippen LogP contribution is -2.49. The number of amides is 1. The Morgan fingerprint density at radius 3 is 2.39 bits per heavy atom. The molecule has 0 spiro atoms. The van der Waals surface area contributed by atoms with E-state index in [2.05, 4.69) is 49.8 Å². The molecular formula is C23H33IN6O. The van der Waals surface area contributed by atoms with Crippen molar-refractivity contribution >= 4 is 41.7 Å².